The van der Waals surface area contributed by atoms with E-state index >= 15 is 0 Å². The van der Waals surface area contributed by atoms with Crippen LogP contribution in [0.1, 0.15) is 52.9 Å². The number of hydrogen-bond acceptors (Lipinski definition) is 3. The molecule has 0 aliphatic carbocycles. The molecule has 1 atom stereocenters. The van der Waals surface area contributed by atoms with E-state index in [1.807, 2.05) is 6.92 Å². The summed E-state index contributed by atoms with van der Waals surface area (Å²) in [5, 5.41) is 10.3. The maximum atomic E-state index is 10.3. The second kappa shape index (κ2) is 6.88. The van der Waals surface area contributed by atoms with Crippen molar-refractivity contribution in [3.63, 3.8) is 0 Å². The van der Waals surface area contributed by atoms with Crippen LogP contribution >= 0.6 is 0 Å². The molecule has 0 aromatic carbocycles. The summed E-state index contributed by atoms with van der Waals surface area (Å²) < 4.78 is 5.05. The molecule has 0 bridgehead atoms. The van der Waals surface area contributed by atoms with Gasteiger partial charge in [-0.1, -0.05) is 26.7 Å². The van der Waals surface area contributed by atoms with Gasteiger partial charge in [-0.15, -0.1) is 0 Å². The van der Waals surface area contributed by atoms with E-state index in [9.17, 15) is 5.11 Å². The first-order valence-electron chi connectivity index (χ1n) is 7.40. The van der Waals surface area contributed by atoms with E-state index in [4.69, 9.17) is 4.74 Å². The van der Waals surface area contributed by atoms with Gasteiger partial charge in [0.1, 0.15) is 0 Å². The Morgan fingerprint density at radius 2 is 1.78 bits per heavy atom. The van der Waals surface area contributed by atoms with E-state index in [-0.39, 0.29) is 0 Å². The second-order valence-electron chi connectivity index (χ2n) is 6.38. The molecule has 1 rings (SSSR count). The zero-order chi connectivity index (χ0) is 13.6. The largest absolute Gasteiger partial charge is 0.389 e. The SMILES string of the molecule is CCCC1(CCC)CN(CC(C)(O)CCOC)C1. The highest BCUT2D eigenvalue weighted by Gasteiger charge is 2.42. The van der Waals surface area contributed by atoms with Gasteiger partial charge in [0.05, 0.1) is 5.60 Å². The van der Waals surface area contributed by atoms with Crippen LogP contribution in [-0.2, 0) is 4.74 Å². The molecule has 3 heteroatoms. The number of likely N-dealkylation sites (tertiary alicyclic amines) is 1. The third-order valence-corrected chi connectivity index (χ3v) is 4.09. The number of methoxy groups -OCH3 is 1. The van der Waals surface area contributed by atoms with Crippen LogP contribution in [-0.4, -0.2) is 49.0 Å². The van der Waals surface area contributed by atoms with Gasteiger partial charge in [0.25, 0.3) is 0 Å². The van der Waals surface area contributed by atoms with Crippen molar-refractivity contribution in [3.05, 3.63) is 0 Å². The lowest BCUT2D eigenvalue weighted by Crippen LogP contribution is -2.59. The Morgan fingerprint density at radius 1 is 1.22 bits per heavy atom. The summed E-state index contributed by atoms with van der Waals surface area (Å²) >= 11 is 0. The van der Waals surface area contributed by atoms with Gasteiger partial charge in [-0.3, -0.25) is 4.90 Å². The van der Waals surface area contributed by atoms with E-state index in [0.717, 1.165) is 19.6 Å². The van der Waals surface area contributed by atoms with Crippen molar-refractivity contribution < 1.29 is 9.84 Å². The van der Waals surface area contributed by atoms with Crippen LogP contribution in [0.15, 0.2) is 0 Å². The fourth-order valence-corrected chi connectivity index (χ4v) is 3.40. The van der Waals surface area contributed by atoms with Gasteiger partial charge < -0.3 is 9.84 Å². The van der Waals surface area contributed by atoms with Crippen molar-refractivity contribution in [1.29, 1.82) is 0 Å². The Morgan fingerprint density at radius 3 is 2.22 bits per heavy atom. The monoisotopic (exact) mass is 257 g/mol. The number of β-amino-alcohol motifs (C(OH)–C–C–N with tert-alkyl or cyclic N) is 1. The predicted octanol–water partition coefficient (Wildman–Crippen LogP) is 2.68. The first-order valence-corrected chi connectivity index (χ1v) is 7.40. The Bertz CT molecular complexity index is 227. The van der Waals surface area contributed by atoms with Gasteiger partial charge in [0.15, 0.2) is 0 Å². The van der Waals surface area contributed by atoms with Crippen LogP contribution in [0, 0.1) is 5.41 Å². The molecule has 108 valence electrons. The highest BCUT2D eigenvalue weighted by Crippen LogP contribution is 2.40. The molecule has 18 heavy (non-hydrogen) atoms. The van der Waals surface area contributed by atoms with E-state index in [2.05, 4.69) is 18.7 Å². The summed E-state index contributed by atoms with van der Waals surface area (Å²) in [6, 6.07) is 0. The zero-order valence-electron chi connectivity index (χ0n) is 12.7. The van der Waals surface area contributed by atoms with Crippen molar-refractivity contribution >= 4 is 0 Å². The number of ether oxygens (including phenoxy) is 1. The average molecular weight is 257 g/mol. The average Bonchev–Trinajstić information content (AvgIpc) is 2.24. The summed E-state index contributed by atoms with van der Waals surface area (Å²) in [4.78, 5) is 2.40. The van der Waals surface area contributed by atoms with Crippen LogP contribution in [0.3, 0.4) is 0 Å². The highest BCUT2D eigenvalue weighted by molar-refractivity contribution is 4.96. The van der Waals surface area contributed by atoms with Crippen molar-refractivity contribution in [2.75, 3.05) is 33.4 Å². The summed E-state index contributed by atoms with van der Waals surface area (Å²) in [5.41, 5.74) is -0.0680. The lowest BCUT2D eigenvalue weighted by molar-refractivity contribution is -0.0762. The Kier molecular flexibility index (Phi) is 6.09. The molecule has 0 aromatic heterocycles. The Hall–Kier alpha value is -0.120. The molecule has 1 saturated heterocycles. The minimum absolute atomic E-state index is 0.542. The maximum absolute atomic E-state index is 10.3. The molecule has 0 aromatic rings. The molecule has 1 heterocycles. The van der Waals surface area contributed by atoms with Crippen LogP contribution in [0.5, 0.6) is 0 Å². The molecule has 1 unspecified atom stereocenters. The first-order chi connectivity index (χ1) is 8.47. The quantitative estimate of drug-likeness (QED) is 0.689. The molecule has 1 fully saturated rings. The number of aliphatic hydroxyl groups is 1. The molecule has 3 nitrogen and oxygen atoms in total. The molecule has 1 aliphatic rings. The normalized spacial score (nSPS) is 22.5. The molecule has 1 aliphatic heterocycles. The van der Waals surface area contributed by atoms with Crippen molar-refractivity contribution in [2.45, 2.75) is 58.5 Å². The summed E-state index contributed by atoms with van der Waals surface area (Å²) in [6.45, 7) is 10.2. The third kappa shape index (κ3) is 4.52. The molecule has 0 spiro atoms. The fraction of sp³-hybridized carbons (Fsp3) is 1.00. The van der Waals surface area contributed by atoms with Crippen molar-refractivity contribution in [1.82, 2.24) is 4.90 Å². The van der Waals surface area contributed by atoms with E-state index in [0.29, 0.717) is 18.4 Å². The first kappa shape index (κ1) is 15.9. The molecule has 1 N–H and O–H groups in total. The van der Waals surface area contributed by atoms with Crippen molar-refractivity contribution in [3.8, 4) is 0 Å². The minimum atomic E-state index is -0.611. The van der Waals surface area contributed by atoms with Gasteiger partial charge >= 0.3 is 0 Å². The number of nitrogens with zero attached hydrogens (tertiary/aromatic N) is 1. The summed E-state index contributed by atoms with van der Waals surface area (Å²) in [6.07, 6.45) is 5.92. The smallest absolute Gasteiger partial charge is 0.0768 e. The third-order valence-electron chi connectivity index (χ3n) is 4.09. The van der Waals surface area contributed by atoms with Gasteiger partial charge in [0, 0.05) is 39.8 Å². The van der Waals surface area contributed by atoms with Gasteiger partial charge in [-0.05, 0) is 25.2 Å². The minimum Gasteiger partial charge on any atom is -0.389 e. The molecule has 0 radical (unpaired) electrons. The van der Waals surface area contributed by atoms with E-state index < -0.39 is 5.60 Å². The van der Waals surface area contributed by atoms with Crippen LogP contribution in [0.4, 0.5) is 0 Å². The topological polar surface area (TPSA) is 32.7 Å². The molecule has 0 amide bonds. The van der Waals surface area contributed by atoms with E-state index in [1.165, 1.54) is 25.7 Å². The van der Waals surface area contributed by atoms with Crippen LogP contribution < -0.4 is 0 Å². The summed E-state index contributed by atoms with van der Waals surface area (Å²) in [5.74, 6) is 0. The van der Waals surface area contributed by atoms with Crippen molar-refractivity contribution in [2.24, 2.45) is 5.41 Å². The van der Waals surface area contributed by atoms with Crippen LogP contribution in [0.2, 0.25) is 0 Å². The maximum Gasteiger partial charge on any atom is 0.0768 e. The Labute approximate surface area is 113 Å². The summed E-state index contributed by atoms with van der Waals surface area (Å²) in [7, 11) is 1.69. The lowest BCUT2D eigenvalue weighted by Gasteiger charge is -2.52. The zero-order valence-corrected chi connectivity index (χ0v) is 12.7. The standard InChI is InChI=1S/C15H31NO2/c1-5-7-15(8-6-2)12-16(13-15)11-14(3,17)9-10-18-4/h17H,5-13H2,1-4H3. The second-order valence-corrected chi connectivity index (χ2v) is 6.38. The van der Waals surface area contributed by atoms with Gasteiger partial charge in [-0.2, -0.15) is 0 Å². The molecular weight excluding hydrogens is 226 g/mol. The predicted molar refractivity (Wildman–Crippen MR) is 75.8 cm³/mol. The fourth-order valence-electron chi connectivity index (χ4n) is 3.40. The Balaban J connectivity index is 2.35. The molecular formula is C15H31NO2. The molecule has 0 saturated carbocycles. The highest BCUT2D eigenvalue weighted by atomic mass is 16.5. The number of hydrogen-bond donors (Lipinski definition) is 1. The van der Waals surface area contributed by atoms with Gasteiger partial charge in [0.2, 0.25) is 0 Å². The number of rotatable bonds is 9. The van der Waals surface area contributed by atoms with E-state index in [1.54, 1.807) is 7.11 Å². The van der Waals surface area contributed by atoms with Crippen LogP contribution in [0.25, 0.3) is 0 Å². The van der Waals surface area contributed by atoms with Gasteiger partial charge in [-0.25, -0.2) is 0 Å². The lowest BCUT2D eigenvalue weighted by atomic mass is 9.72.